The lowest BCUT2D eigenvalue weighted by Crippen LogP contribution is -2.25. The monoisotopic (exact) mass is 597 g/mol. The van der Waals surface area contributed by atoms with Gasteiger partial charge < -0.3 is 15.2 Å². The molecule has 5 rings (SSSR count). The molecule has 10 nitrogen and oxygen atoms in total. The van der Waals surface area contributed by atoms with Gasteiger partial charge in [0.25, 0.3) is 16.5 Å². The first-order chi connectivity index (χ1) is 20.3. The van der Waals surface area contributed by atoms with Crippen molar-refractivity contribution in [1.82, 2.24) is 14.9 Å². The van der Waals surface area contributed by atoms with Crippen molar-refractivity contribution in [2.45, 2.75) is 17.7 Å². The van der Waals surface area contributed by atoms with Crippen LogP contribution in [0.15, 0.2) is 84.0 Å². The number of benzene rings is 3. The first-order valence-corrected chi connectivity index (χ1v) is 14.5. The number of aromatic nitrogens is 2. The molecule has 3 N–H and O–H groups in total. The van der Waals surface area contributed by atoms with Crippen LogP contribution in [0.5, 0.6) is 5.75 Å². The fourth-order valence-electron chi connectivity index (χ4n) is 4.32. The second-order valence-electron chi connectivity index (χ2n) is 9.17. The molecule has 0 radical (unpaired) electrons. The highest BCUT2D eigenvalue weighted by molar-refractivity contribution is 7.92. The van der Waals surface area contributed by atoms with E-state index in [1.54, 1.807) is 18.2 Å². The maximum Gasteiger partial charge on any atom is 0.290 e. The highest BCUT2D eigenvalue weighted by atomic mass is 32.2. The third-order valence-corrected chi connectivity index (χ3v) is 7.72. The summed E-state index contributed by atoms with van der Waals surface area (Å²) in [5.74, 6) is -0.994. The van der Waals surface area contributed by atoms with E-state index in [1.165, 1.54) is 31.3 Å². The van der Waals surface area contributed by atoms with Crippen molar-refractivity contribution in [3.05, 3.63) is 90.8 Å². The number of nitrogens with zero attached hydrogens (tertiary/aromatic N) is 3. The topological polar surface area (TPSA) is 134 Å². The molecule has 0 aliphatic carbocycles. The number of hydrogen-bond donors (Lipinski definition) is 3. The van der Waals surface area contributed by atoms with Crippen molar-refractivity contribution in [2.75, 3.05) is 36.3 Å². The maximum atomic E-state index is 13.9. The molecule has 13 heteroatoms. The largest absolute Gasteiger partial charge is 0.492 e. The van der Waals surface area contributed by atoms with E-state index < -0.39 is 26.6 Å². The summed E-state index contributed by atoms with van der Waals surface area (Å²) in [6, 6.07) is 18.6. The Kier molecular flexibility index (Phi) is 10.3. The molecule has 0 saturated carbocycles. The van der Waals surface area contributed by atoms with Gasteiger partial charge >= 0.3 is 0 Å². The molecule has 2 heterocycles. The summed E-state index contributed by atoms with van der Waals surface area (Å²) >= 11 is 0. The quantitative estimate of drug-likeness (QED) is 0.213. The maximum absolute atomic E-state index is 13.9. The first-order valence-electron chi connectivity index (χ1n) is 13.0. The molecule has 220 valence electrons. The lowest BCUT2D eigenvalue weighted by molar-refractivity contribution is -0.122. The lowest BCUT2D eigenvalue weighted by atomic mass is 10.1. The van der Waals surface area contributed by atoms with E-state index in [-0.39, 0.29) is 12.2 Å². The van der Waals surface area contributed by atoms with E-state index in [2.05, 4.69) is 24.9 Å². The van der Waals surface area contributed by atoms with Crippen LogP contribution in [0.3, 0.4) is 0 Å². The van der Waals surface area contributed by atoms with E-state index in [0.717, 1.165) is 49.1 Å². The Morgan fingerprint density at radius 3 is 2.19 bits per heavy atom. The van der Waals surface area contributed by atoms with Crippen LogP contribution >= 0.6 is 0 Å². The summed E-state index contributed by atoms with van der Waals surface area (Å²) in [6.07, 6.45) is 3.97. The van der Waals surface area contributed by atoms with Gasteiger partial charge in [-0.15, -0.1) is 0 Å². The minimum absolute atomic E-state index is 0.148. The predicted molar refractivity (Wildman–Crippen MR) is 154 cm³/mol. The average molecular weight is 598 g/mol. The number of sulfonamides is 1. The van der Waals surface area contributed by atoms with Crippen LogP contribution in [0.1, 0.15) is 12.8 Å². The molecule has 0 bridgehead atoms. The normalized spacial score (nSPS) is 13.1. The molecule has 0 spiro atoms. The molecule has 4 aromatic rings. The van der Waals surface area contributed by atoms with Gasteiger partial charge in [-0.25, -0.2) is 27.2 Å². The fourth-order valence-corrected chi connectivity index (χ4v) is 5.52. The summed E-state index contributed by atoms with van der Waals surface area (Å²) in [7, 11) is -4.45. The van der Waals surface area contributed by atoms with Gasteiger partial charge in [-0.05, 0) is 86.6 Å². The minimum Gasteiger partial charge on any atom is -0.492 e. The zero-order valence-electron chi connectivity index (χ0n) is 22.4. The van der Waals surface area contributed by atoms with Crippen LogP contribution in [0.25, 0.3) is 11.3 Å². The summed E-state index contributed by atoms with van der Waals surface area (Å²) in [6.45, 7) is 3.62. The highest BCUT2D eigenvalue weighted by Gasteiger charge is 2.23. The van der Waals surface area contributed by atoms with Crippen molar-refractivity contribution in [3.63, 3.8) is 0 Å². The highest BCUT2D eigenvalue weighted by Crippen LogP contribution is 2.26. The number of hydrogen-bond acceptors (Lipinski definition) is 8. The fraction of sp³-hybridized carbons (Fsp3) is 0.207. The zero-order valence-corrected chi connectivity index (χ0v) is 23.2. The number of ether oxygens (including phenoxy) is 1. The van der Waals surface area contributed by atoms with Crippen molar-refractivity contribution in [1.29, 1.82) is 0 Å². The third kappa shape index (κ3) is 8.21. The van der Waals surface area contributed by atoms with Crippen molar-refractivity contribution in [3.8, 4) is 17.0 Å². The molecule has 1 aliphatic heterocycles. The van der Waals surface area contributed by atoms with Crippen LogP contribution in [-0.4, -0.2) is 61.1 Å². The Balaban J connectivity index is 0.00000129. The van der Waals surface area contributed by atoms with Gasteiger partial charge in [0.05, 0.1) is 5.69 Å². The Morgan fingerprint density at radius 2 is 1.55 bits per heavy atom. The second-order valence-corrected chi connectivity index (χ2v) is 10.8. The molecule has 42 heavy (non-hydrogen) atoms. The number of carboxylic acid groups (broad SMARTS) is 1. The molecular formula is C29H29F2N5O5S. The lowest BCUT2D eigenvalue weighted by Gasteiger charge is -2.15. The van der Waals surface area contributed by atoms with Gasteiger partial charge in [0.1, 0.15) is 36.1 Å². The number of anilines is 3. The van der Waals surface area contributed by atoms with Gasteiger partial charge in [-0.1, -0.05) is 6.07 Å². The van der Waals surface area contributed by atoms with E-state index in [0.29, 0.717) is 23.8 Å². The number of likely N-dealkylation sites (tertiary alicyclic amines) is 1. The number of nitrogens with one attached hydrogen (secondary N) is 2. The standard InChI is InChI=1S/C28H27F2N5O3S.CH2O2/c29-24-4-3-5-25(30)28(24)39(36,37)34-22-10-8-21(9-11-22)33-27-18-26(31-19-32-27)20-6-12-23(13-7-20)38-17-16-35-14-1-2-15-35;2-1-3/h3-13,18-19,34H,1-2,14-17H2,(H,31,32,33);1H,(H,2,3). The van der Waals surface area contributed by atoms with Crippen LogP contribution in [0, 0.1) is 11.6 Å². The van der Waals surface area contributed by atoms with Gasteiger partial charge in [-0.2, -0.15) is 0 Å². The third-order valence-electron chi connectivity index (χ3n) is 6.29. The van der Waals surface area contributed by atoms with E-state index in [1.807, 2.05) is 24.3 Å². The molecular weight excluding hydrogens is 568 g/mol. The van der Waals surface area contributed by atoms with E-state index >= 15 is 0 Å². The molecule has 1 aromatic heterocycles. The second kappa shape index (κ2) is 14.3. The van der Waals surface area contributed by atoms with Gasteiger partial charge in [0.15, 0.2) is 4.90 Å². The van der Waals surface area contributed by atoms with Gasteiger partial charge in [0, 0.05) is 29.5 Å². The van der Waals surface area contributed by atoms with Crippen molar-refractivity contribution >= 4 is 33.7 Å². The van der Waals surface area contributed by atoms with Crippen LogP contribution in [0.2, 0.25) is 0 Å². The Bertz CT molecular complexity index is 1560. The van der Waals surface area contributed by atoms with Crippen molar-refractivity contribution in [2.24, 2.45) is 0 Å². The molecule has 1 saturated heterocycles. The zero-order chi connectivity index (χ0) is 30.0. The molecule has 3 aromatic carbocycles. The Hall–Kier alpha value is -4.62. The Morgan fingerprint density at radius 1 is 0.929 bits per heavy atom. The van der Waals surface area contributed by atoms with Crippen LogP contribution in [-0.2, 0) is 14.8 Å². The van der Waals surface area contributed by atoms with Crippen LogP contribution < -0.4 is 14.8 Å². The van der Waals surface area contributed by atoms with E-state index in [9.17, 15) is 17.2 Å². The van der Waals surface area contributed by atoms with Crippen LogP contribution in [0.4, 0.5) is 26.0 Å². The molecule has 0 unspecified atom stereocenters. The SMILES string of the molecule is O=CO.O=S(=O)(Nc1ccc(Nc2cc(-c3ccc(OCCN4CCCC4)cc3)ncn2)cc1)c1c(F)cccc1F. The molecule has 1 aliphatic rings. The minimum atomic E-state index is -4.45. The number of carbonyl (C=O) groups is 1. The Labute approximate surface area is 242 Å². The summed E-state index contributed by atoms with van der Waals surface area (Å²) in [5.41, 5.74) is 2.39. The van der Waals surface area contributed by atoms with Crippen molar-refractivity contribution < 1.29 is 31.8 Å². The summed E-state index contributed by atoms with van der Waals surface area (Å²) < 4.78 is 60.9. The average Bonchev–Trinajstić information content (AvgIpc) is 3.48. The van der Waals surface area contributed by atoms with Gasteiger partial charge in [-0.3, -0.25) is 14.4 Å². The summed E-state index contributed by atoms with van der Waals surface area (Å²) in [5, 5.41) is 10.0. The molecule has 1 fully saturated rings. The predicted octanol–water partition coefficient (Wildman–Crippen LogP) is 5.14. The van der Waals surface area contributed by atoms with Gasteiger partial charge in [0.2, 0.25) is 0 Å². The molecule has 0 atom stereocenters. The van der Waals surface area contributed by atoms with E-state index in [4.69, 9.17) is 14.6 Å². The first kappa shape index (κ1) is 30.3. The summed E-state index contributed by atoms with van der Waals surface area (Å²) in [4.78, 5) is 18.3. The molecule has 0 amide bonds. The smallest absolute Gasteiger partial charge is 0.290 e. The number of halogens is 2. The number of rotatable bonds is 10.